The van der Waals surface area contributed by atoms with Crippen LogP contribution < -0.4 is 15.9 Å². The number of carbonyl (C=O) groups excluding carboxylic acids is 1. The molecule has 0 aliphatic rings. The van der Waals surface area contributed by atoms with E-state index in [1.165, 1.54) is 0 Å². The van der Waals surface area contributed by atoms with Crippen molar-refractivity contribution in [2.24, 2.45) is 5.10 Å². The lowest BCUT2D eigenvalue weighted by atomic mass is 10.1. The van der Waals surface area contributed by atoms with Crippen LogP contribution in [0.2, 0.25) is 0 Å². The predicted octanol–water partition coefficient (Wildman–Crippen LogP) is 3.19. The van der Waals surface area contributed by atoms with Gasteiger partial charge in [0.1, 0.15) is 5.75 Å². The molecule has 0 aliphatic heterocycles. The number of nitrogens with zero attached hydrogens (tertiary/aromatic N) is 1. The molecular weight excluding hydrogens is 302 g/mol. The minimum atomic E-state index is -0.281. The molecule has 0 spiro atoms. The minimum absolute atomic E-state index is 0.281. The maximum atomic E-state index is 11.9. The normalized spacial score (nSPS) is 10.9. The van der Waals surface area contributed by atoms with E-state index in [9.17, 15) is 4.79 Å². The minimum Gasteiger partial charge on any atom is -0.497 e. The first-order valence-corrected chi connectivity index (χ1v) is 7.42. The number of hydrogen-bond donors (Lipinski definition) is 2. The number of nitrogens with one attached hydrogen (secondary N) is 1. The molecule has 1 amide bonds. The number of rotatable bonds is 4. The summed E-state index contributed by atoms with van der Waals surface area (Å²) < 4.78 is 5.21. The number of nitrogens with two attached hydrogens (primary N) is 1. The van der Waals surface area contributed by atoms with Crippen LogP contribution in [0.1, 0.15) is 15.9 Å². The molecule has 0 aromatic heterocycles. The van der Waals surface area contributed by atoms with Gasteiger partial charge in [0.15, 0.2) is 0 Å². The average Bonchev–Trinajstić information content (AvgIpc) is 2.61. The molecule has 3 aromatic carbocycles. The van der Waals surface area contributed by atoms with Crippen LogP contribution in [0.15, 0.2) is 65.8 Å². The fourth-order valence-corrected chi connectivity index (χ4v) is 2.31. The Kier molecular flexibility index (Phi) is 4.43. The van der Waals surface area contributed by atoms with E-state index >= 15 is 0 Å². The van der Waals surface area contributed by atoms with E-state index in [1.54, 1.807) is 37.6 Å². The van der Waals surface area contributed by atoms with E-state index in [4.69, 9.17) is 10.5 Å². The number of benzene rings is 3. The highest BCUT2D eigenvalue weighted by atomic mass is 16.5. The number of nitrogen functional groups attached to an aromatic ring is 1. The molecule has 5 heteroatoms. The number of methoxy groups -OCH3 is 1. The third-order valence-electron chi connectivity index (χ3n) is 3.62. The van der Waals surface area contributed by atoms with Crippen LogP contribution in [0.3, 0.4) is 0 Å². The van der Waals surface area contributed by atoms with Gasteiger partial charge in [-0.05, 0) is 58.8 Å². The van der Waals surface area contributed by atoms with E-state index in [2.05, 4.69) is 10.5 Å². The Hall–Kier alpha value is -3.34. The molecule has 0 radical (unpaired) electrons. The van der Waals surface area contributed by atoms with Crippen LogP contribution in [0.5, 0.6) is 5.75 Å². The first-order valence-electron chi connectivity index (χ1n) is 7.42. The van der Waals surface area contributed by atoms with Crippen molar-refractivity contribution >= 4 is 28.6 Å². The van der Waals surface area contributed by atoms with Crippen LogP contribution >= 0.6 is 0 Å². The first kappa shape index (κ1) is 15.6. The first-order chi connectivity index (χ1) is 11.7. The van der Waals surface area contributed by atoms with Gasteiger partial charge in [-0.2, -0.15) is 5.10 Å². The summed E-state index contributed by atoms with van der Waals surface area (Å²) in [6.45, 7) is 0. The third-order valence-corrected chi connectivity index (χ3v) is 3.62. The number of anilines is 1. The molecule has 0 aliphatic carbocycles. The zero-order chi connectivity index (χ0) is 16.9. The number of ether oxygens (including phenoxy) is 1. The van der Waals surface area contributed by atoms with Gasteiger partial charge in [0.05, 0.1) is 13.3 Å². The van der Waals surface area contributed by atoms with Crippen molar-refractivity contribution < 1.29 is 9.53 Å². The second kappa shape index (κ2) is 6.83. The van der Waals surface area contributed by atoms with Crippen molar-refractivity contribution in [2.45, 2.75) is 0 Å². The smallest absolute Gasteiger partial charge is 0.271 e. The molecule has 24 heavy (non-hydrogen) atoms. The molecule has 3 rings (SSSR count). The number of hydrazone groups is 1. The fraction of sp³-hybridized carbons (Fsp3) is 0.0526. The summed E-state index contributed by atoms with van der Waals surface area (Å²) in [6.07, 6.45) is 1.61. The van der Waals surface area contributed by atoms with Gasteiger partial charge in [0.2, 0.25) is 0 Å². The third kappa shape index (κ3) is 3.52. The maximum absolute atomic E-state index is 11.9. The summed E-state index contributed by atoms with van der Waals surface area (Å²) in [5, 5.41) is 6.16. The van der Waals surface area contributed by atoms with Gasteiger partial charge in [0.25, 0.3) is 5.91 Å². The van der Waals surface area contributed by atoms with Gasteiger partial charge < -0.3 is 10.5 Å². The summed E-state index contributed by atoms with van der Waals surface area (Å²) in [7, 11) is 1.64. The van der Waals surface area contributed by atoms with Gasteiger partial charge in [0, 0.05) is 11.3 Å². The molecule has 3 N–H and O–H groups in total. The Balaban J connectivity index is 1.71. The molecule has 0 heterocycles. The van der Waals surface area contributed by atoms with Gasteiger partial charge in [-0.25, -0.2) is 5.43 Å². The van der Waals surface area contributed by atoms with Crippen LogP contribution in [0.25, 0.3) is 10.8 Å². The zero-order valence-corrected chi connectivity index (χ0v) is 13.2. The number of fused-ring (bicyclic) bond motifs is 1. The molecule has 120 valence electrons. The van der Waals surface area contributed by atoms with Gasteiger partial charge in [-0.3, -0.25) is 4.79 Å². The topological polar surface area (TPSA) is 76.7 Å². The molecule has 0 unspecified atom stereocenters. The van der Waals surface area contributed by atoms with E-state index in [-0.39, 0.29) is 5.91 Å². The largest absolute Gasteiger partial charge is 0.497 e. The Labute approximate surface area is 139 Å². The molecule has 0 saturated carbocycles. The summed E-state index contributed by atoms with van der Waals surface area (Å²) in [6, 6.07) is 18.4. The molecular formula is C19H17N3O2. The number of carbonyl (C=O) groups is 1. The summed E-state index contributed by atoms with van der Waals surface area (Å²) in [5.41, 5.74) is 10.1. The Morgan fingerprint density at radius 2 is 1.75 bits per heavy atom. The number of hydrogen-bond acceptors (Lipinski definition) is 4. The maximum Gasteiger partial charge on any atom is 0.271 e. The fourth-order valence-electron chi connectivity index (χ4n) is 2.31. The summed E-state index contributed by atoms with van der Waals surface area (Å²) in [4.78, 5) is 11.9. The second-order valence-corrected chi connectivity index (χ2v) is 5.29. The lowest BCUT2D eigenvalue weighted by molar-refractivity contribution is 0.0955. The molecule has 0 saturated heterocycles. The Morgan fingerprint density at radius 3 is 2.50 bits per heavy atom. The van der Waals surface area contributed by atoms with Crippen molar-refractivity contribution in [3.63, 3.8) is 0 Å². The molecule has 0 fully saturated rings. The highest BCUT2D eigenvalue weighted by Crippen LogP contribution is 2.21. The van der Waals surface area contributed by atoms with Crippen molar-refractivity contribution in [3.05, 3.63) is 71.8 Å². The second-order valence-electron chi connectivity index (χ2n) is 5.29. The highest BCUT2D eigenvalue weighted by Gasteiger charge is 2.03. The monoisotopic (exact) mass is 319 g/mol. The summed E-state index contributed by atoms with van der Waals surface area (Å²) >= 11 is 0. The van der Waals surface area contributed by atoms with Crippen molar-refractivity contribution in [2.75, 3.05) is 12.8 Å². The molecule has 0 atom stereocenters. The van der Waals surface area contributed by atoms with E-state index in [0.717, 1.165) is 22.1 Å². The molecule has 0 bridgehead atoms. The van der Waals surface area contributed by atoms with Crippen LogP contribution in [-0.4, -0.2) is 19.2 Å². The zero-order valence-electron chi connectivity index (χ0n) is 13.2. The quantitative estimate of drug-likeness (QED) is 0.440. The van der Waals surface area contributed by atoms with Gasteiger partial charge >= 0.3 is 0 Å². The Morgan fingerprint density at radius 1 is 1.04 bits per heavy atom. The number of amides is 1. The van der Waals surface area contributed by atoms with Gasteiger partial charge in [-0.1, -0.05) is 18.2 Å². The highest BCUT2D eigenvalue weighted by molar-refractivity contribution is 5.96. The van der Waals surface area contributed by atoms with E-state index in [1.807, 2.05) is 36.4 Å². The Bertz CT molecular complexity index is 902. The average molecular weight is 319 g/mol. The molecule has 3 aromatic rings. The SMILES string of the molecule is COc1ccc2cc(/C=N\NC(=O)c3ccc(N)cc3)ccc2c1. The van der Waals surface area contributed by atoms with E-state index < -0.39 is 0 Å². The van der Waals surface area contributed by atoms with Crippen LogP contribution in [0, 0.1) is 0 Å². The van der Waals surface area contributed by atoms with Crippen molar-refractivity contribution in [1.29, 1.82) is 0 Å². The van der Waals surface area contributed by atoms with Crippen LogP contribution in [-0.2, 0) is 0 Å². The van der Waals surface area contributed by atoms with Crippen molar-refractivity contribution in [3.8, 4) is 5.75 Å². The van der Waals surface area contributed by atoms with Crippen LogP contribution in [0.4, 0.5) is 5.69 Å². The molecule has 5 nitrogen and oxygen atoms in total. The van der Waals surface area contributed by atoms with Gasteiger partial charge in [-0.15, -0.1) is 0 Å². The van der Waals surface area contributed by atoms with Crippen molar-refractivity contribution in [1.82, 2.24) is 5.43 Å². The van der Waals surface area contributed by atoms with E-state index in [0.29, 0.717) is 11.3 Å². The standard InChI is InChI=1S/C19H17N3O2/c1-24-18-9-6-15-10-13(2-3-16(15)11-18)12-21-22-19(23)14-4-7-17(20)8-5-14/h2-12H,20H2,1H3,(H,22,23)/b21-12-. The lowest BCUT2D eigenvalue weighted by Gasteiger charge is -2.03. The lowest BCUT2D eigenvalue weighted by Crippen LogP contribution is -2.17. The predicted molar refractivity (Wildman–Crippen MR) is 96.4 cm³/mol. The summed E-state index contributed by atoms with van der Waals surface area (Å²) in [5.74, 6) is 0.538.